The molecule has 70 heavy (non-hydrogen) atoms. The van der Waals surface area contributed by atoms with E-state index in [-0.39, 0.29) is 27.1 Å². The number of aromatic nitrogens is 3. The second-order valence-corrected chi connectivity index (χ2v) is 26.0. The lowest BCUT2D eigenvalue weighted by molar-refractivity contribution is 0.332. The van der Waals surface area contributed by atoms with Gasteiger partial charge < -0.3 is 14.5 Å². The van der Waals surface area contributed by atoms with E-state index in [0.717, 1.165) is 53.1 Å². The first-order valence-electron chi connectivity index (χ1n) is 25.7. The highest BCUT2D eigenvalue weighted by molar-refractivity contribution is 7.26. The third-order valence-corrected chi connectivity index (χ3v) is 18.6. The number of nitrogens with one attached hydrogen (secondary N) is 1. The van der Waals surface area contributed by atoms with Gasteiger partial charge in [-0.3, -0.25) is 0 Å². The summed E-state index contributed by atoms with van der Waals surface area (Å²) >= 11 is 1.97. The summed E-state index contributed by atoms with van der Waals surface area (Å²) in [4.78, 5) is 5.38. The molecule has 0 unspecified atom stereocenters. The summed E-state index contributed by atoms with van der Waals surface area (Å²) in [5.41, 5.74) is 21.8. The zero-order valence-corrected chi connectivity index (χ0v) is 43.9. The molecule has 0 amide bonds. The van der Waals surface area contributed by atoms with Crippen LogP contribution in [-0.4, -0.2) is 21.4 Å². The molecule has 3 aromatic heterocycles. The van der Waals surface area contributed by atoms with Crippen molar-refractivity contribution >= 4 is 93.9 Å². The molecule has 10 aromatic rings. The van der Waals surface area contributed by atoms with Crippen molar-refractivity contribution in [1.82, 2.24) is 14.1 Å². The van der Waals surface area contributed by atoms with Gasteiger partial charge >= 0.3 is 0 Å². The largest absolute Gasteiger partial charge is 0.355 e. The number of thiophene rings is 1. The van der Waals surface area contributed by atoms with Crippen molar-refractivity contribution in [2.24, 2.45) is 7.05 Å². The van der Waals surface area contributed by atoms with Gasteiger partial charge in [0.2, 0.25) is 0 Å². The number of hydrogen-bond acceptors (Lipinski definition) is 3. The Balaban J connectivity index is 1.20. The topological polar surface area (TPSA) is 34.8 Å². The summed E-state index contributed by atoms with van der Waals surface area (Å²) in [5, 5.41) is 9.53. The summed E-state index contributed by atoms with van der Waals surface area (Å²) in [6, 6.07) is 44.3. The minimum absolute atomic E-state index is 0.0119. The van der Waals surface area contributed by atoms with Crippen molar-refractivity contribution in [3.63, 3.8) is 0 Å². The Morgan fingerprint density at radius 1 is 0.629 bits per heavy atom. The molecule has 7 aromatic carbocycles. The molecule has 1 radical (unpaired) electrons. The van der Waals surface area contributed by atoms with Gasteiger partial charge in [-0.2, -0.15) is 0 Å². The Morgan fingerprint density at radius 3 is 1.91 bits per heavy atom. The van der Waals surface area contributed by atoms with Gasteiger partial charge in [0, 0.05) is 71.7 Å². The van der Waals surface area contributed by atoms with Crippen molar-refractivity contribution in [2.75, 3.05) is 5.32 Å². The van der Waals surface area contributed by atoms with Crippen molar-refractivity contribution in [3.05, 3.63) is 143 Å². The van der Waals surface area contributed by atoms with Gasteiger partial charge in [-0.1, -0.05) is 142 Å². The molecule has 6 heteroatoms. The summed E-state index contributed by atoms with van der Waals surface area (Å²) in [6.07, 6.45) is 4.63. The van der Waals surface area contributed by atoms with Gasteiger partial charge in [-0.05, 0) is 146 Å². The average molecular weight is 932 g/mol. The molecule has 0 saturated heterocycles. The quantitative estimate of drug-likeness (QED) is 0.179. The molecule has 0 saturated carbocycles. The summed E-state index contributed by atoms with van der Waals surface area (Å²) in [6.45, 7) is 26.6. The normalized spacial score (nSPS) is 17.5. The van der Waals surface area contributed by atoms with E-state index >= 15 is 0 Å². The van der Waals surface area contributed by atoms with Crippen molar-refractivity contribution < 1.29 is 0 Å². The van der Waals surface area contributed by atoms with Gasteiger partial charge in [0.1, 0.15) is 5.82 Å². The van der Waals surface area contributed by atoms with Crippen molar-refractivity contribution in [3.8, 4) is 28.2 Å². The monoisotopic (exact) mass is 931 g/mol. The van der Waals surface area contributed by atoms with Gasteiger partial charge in [-0.25, -0.2) is 4.98 Å². The van der Waals surface area contributed by atoms with E-state index in [1.54, 1.807) is 0 Å². The predicted molar refractivity (Wildman–Crippen MR) is 303 cm³/mol. The molecule has 3 aliphatic rings. The number of hydrogen-bond donors (Lipinski definition) is 1. The lowest BCUT2D eigenvalue weighted by Gasteiger charge is -2.42. The molecule has 0 atom stereocenters. The maximum atomic E-state index is 5.38. The Kier molecular flexibility index (Phi) is 9.09. The highest BCUT2D eigenvalue weighted by atomic mass is 32.1. The van der Waals surface area contributed by atoms with Crippen LogP contribution in [0.5, 0.6) is 0 Å². The maximum absolute atomic E-state index is 5.38. The van der Waals surface area contributed by atoms with E-state index in [2.05, 4.69) is 220 Å². The highest BCUT2D eigenvalue weighted by Crippen LogP contribution is 2.55. The Morgan fingerprint density at radius 2 is 1.24 bits per heavy atom. The second kappa shape index (κ2) is 14.5. The molecular weight excluding hydrogens is 868 g/mol. The van der Waals surface area contributed by atoms with Crippen LogP contribution in [0.4, 0.5) is 11.4 Å². The lowest BCUT2D eigenvalue weighted by atomic mass is 9.58. The predicted octanol–water partition coefficient (Wildman–Crippen LogP) is 16.1. The van der Waals surface area contributed by atoms with Crippen LogP contribution in [0, 0.1) is 0 Å². The zero-order valence-electron chi connectivity index (χ0n) is 43.1. The van der Waals surface area contributed by atoms with Crippen LogP contribution in [0.15, 0.2) is 115 Å². The standard InChI is InChI=1S/C64H64BN4S/c1-60(2,3)37-22-24-38(25-23-37)66-47-32-44-42(61(4,5)26-28-63(44,8)9)30-40(47)55-56-57-53(54-39-20-16-17-21-52(39)70-58(54)55)41-31-43-45(64(10,11)29-27-62(43,6)7)33-49(41)69(57)50-35-51-48(34-46(50)65-56)67-59(68(51)12)36-18-14-13-15-19-36/h13-25,30-35,66H,26-29H2,1-12H3. The zero-order chi connectivity index (χ0) is 48.6. The van der Waals surface area contributed by atoms with Gasteiger partial charge in [0.15, 0.2) is 7.28 Å². The fourth-order valence-electron chi connectivity index (χ4n) is 12.9. The molecule has 4 nitrogen and oxygen atoms in total. The number of aryl methyl sites for hydroxylation is 1. The van der Waals surface area contributed by atoms with E-state index in [9.17, 15) is 0 Å². The minimum atomic E-state index is 0.0119. The molecule has 349 valence electrons. The van der Waals surface area contributed by atoms with Gasteiger partial charge in [0.05, 0.1) is 16.6 Å². The van der Waals surface area contributed by atoms with E-state index in [0.29, 0.717) is 0 Å². The number of nitrogens with zero attached hydrogens (tertiary/aromatic N) is 3. The smallest absolute Gasteiger partial charge is 0.198 e. The van der Waals surface area contributed by atoms with Crippen LogP contribution in [0.25, 0.3) is 81.2 Å². The fourth-order valence-corrected chi connectivity index (χ4v) is 14.2. The van der Waals surface area contributed by atoms with E-state index in [1.807, 2.05) is 11.3 Å². The number of imidazole rings is 1. The van der Waals surface area contributed by atoms with Crippen LogP contribution in [-0.2, 0) is 34.1 Å². The molecule has 1 N–H and O–H groups in total. The van der Waals surface area contributed by atoms with Crippen LogP contribution < -0.4 is 16.2 Å². The van der Waals surface area contributed by atoms with Crippen LogP contribution >= 0.6 is 11.3 Å². The third-order valence-electron chi connectivity index (χ3n) is 17.4. The van der Waals surface area contributed by atoms with Gasteiger partial charge in [-0.15, -0.1) is 11.3 Å². The number of fused-ring (bicyclic) bond motifs is 12. The third kappa shape index (κ3) is 6.30. The highest BCUT2D eigenvalue weighted by Gasteiger charge is 2.41. The molecule has 0 fully saturated rings. The summed E-state index contributed by atoms with van der Waals surface area (Å²) in [5.74, 6) is 0.981. The lowest BCUT2D eigenvalue weighted by Crippen LogP contribution is -2.38. The van der Waals surface area contributed by atoms with E-state index < -0.39 is 0 Å². The molecule has 1 aliphatic heterocycles. The molecule has 0 spiro atoms. The van der Waals surface area contributed by atoms with Crippen molar-refractivity contribution in [2.45, 2.75) is 129 Å². The summed E-state index contributed by atoms with van der Waals surface area (Å²) in [7, 11) is 4.72. The fraction of sp³-hybridized carbons (Fsp3) is 0.328. The molecule has 0 bridgehead atoms. The van der Waals surface area contributed by atoms with Gasteiger partial charge in [0.25, 0.3) is 0 Å². The molecule has 4 heterocycles. The van der Waals surface area contributed by atoms with Crippen LogP contribution in [0.2, 0.25) is 0 Å². The first-order chi connectivity index (χ1) is 33.2. The number of rotatable bonds is 4. The number of benzene rings is 7. The van der Waals surface area contributed by atoms with Crippen LogP contribution in [0.3, 0.4) is 0 Å². The first kappa shape index (κ1) is 43.9. The average Bonchev–Trinajstić information content (AvgIpc) is 3.98. The SMILES string of the molecule is Cn1c(-c2ccccc2)nc2cc3c(cc21)-n1c2cc4c(cc2c2c5c(sc6ccccc65)c(-c5cc6c(cc5Nc5ccc(C(C)(C)C)cc5)C(C)(C)CCC6(C)C)c(c21)[B]3)C(C)(C)CCC4(C)C. The molecule has 13 rings (SSSR count). The minimum Gasteiger partial charge on any atom is -0.355 e. The van der Waals surface area contributed by atoms with E-state index in [4.69, 9.17) is 4.98 Å². The Hall–Kier alpha value is -6.11. The van der Waals surface area contributed by atoms with Crippen LogP contribution in [0.1, 0.15) is 130 Å². The van der Waals surface area contributed by atoms with E-state index in [1.165, 1.54) is 104 Å². The van der Waals surface area contributed by atoms with Crippen molar-refractivity contribution in [1.29, 1.82) is 0 Å². The number of anilines is 2. The second-order valence-electron chi connectivity index (χ2n) is 24.9. The Bertz CT molecular complexity index is 3870. The summed E-state index contributed by atoms with van der Waals surface area (Å²) < 4.78 is 7.65. The Labute approximate surface area is 418 Å². The molecular formula is C64H64BN4S. The molecule has 2 aliphatic carbocycles. The maximum Gasteiger partial charge on any atom is 0.198 e. The first-order valence-corrected chi connectivity index (χ1v) is 26.5.